The van der Waals surface area contributed by atoms with Crippen molar-refractivity contribution in [3.05, 3.63) is 29.8 Å². The van der Waals surface area contributed by atoms with Crippen molar-refractivity contribution in [3.8, 4) is 0 Å². The van der Waals surface area contributed by atoms with Gasteiger partial charge in [0.2, 0.25) is 5.91 Å². The number of amides is 1. The lowest BCUT2D eigenvalue weighted by Crippen LogP contribution is -2.24. The van der Waals surface area contributed by atoms with Gasteiger partial charge in [0.05, 0.1) is 25.1 Å². The summed E-state index contributed by atoms with van der Waals surface area (Å²) in [5, 5.41) is 0. The van der Waals surface area contributed by atoms with Gasteiger partial charge in [-0.3, -0.25) is 9.59 Å². The first-order chi connectivity index (χ1) is 8.61. The van der Waals surface area contributed by atoms with E-state index < -0.39 is 5.97 Å². The Hall–Kier alpha value is -2.17. The summed E-state index contributed by atoms with van der Waals surface area (Å²) in [6.07, 6.45) is -0.0658. The zero-order chi connectivity index (χ0) is 13.1. The third kappa shape index (κ3) is 2.40. The van der Waals surface area contributed by atoms with Crippen LogP contribution in [0.15, 0.2) is 24.3 Å². The van der Waals surface area contributed by atoms with E-state index in [1.165, 1.54) is 4.90 Å². The normalized spacial score (nSPS) is 15.1. The maximum atomic E-state index is 11.6. The van der Waals surface area contributed by atoms with Crippen LogP contribution in [0.2, 0.25) is 0 Å². The van der Waals surface area contributed by atoms with Gasteiger partial charge in [-0.25, -0.2) is 4.79 Å². The van der Waals surface area contributed by atoms with Crippen molar-refractivity contribution in [1.82, 2.24) is 0 Å². The number of hydrogen-bond donors (Lipinski definition) is 0. The van der Waals surface area contributed by atoms with Crippen LogP contribution in [0.3, 0.4) is 0 Å². The van der Waals surface area contributed by atoms with E-state index in [-0.39, 0.29) is 24.7 Å². The van der Waals surface area contributed by atoms with Gasteiger partial charge >= 0.3 is 5.97 Å². The van der Waals surface area contributed by atoms with Gasteiger partial charge in [0, 0.05) is 5.69 Å². The number of benzene rings is 1. The molecule has 1 aromatic rings. The molecule has 0 unspecified atom stereocenters. The number of rotatable bonds is 3. The molecular weight excluding hydrogens is 234 g/mol. The molecule has 0 N–H and O–H groups in total. The molecule has 2 rings (SSSR count). The summed E-state index contributed by atoms with van der Waals surface area (Å²) >= 11 is 0. The van der Waals surface area contributed by atoms with Gasteiger partial charge in [0.1, 0.15) is 0 Å². The Morgan fingerprint density at radius 3 is 2.78 bits per heavy atom. The van der Waals surface area contributed by atoms with Crippen molar-refractivity contribution in [1.29, 1.82) is 0 Å². The predicted octanol–water partition coefficient (Wildman–Crippen LogP) is 1.17. The Morgan fingerprint density at radius 1 is 1.39 bits per heavy atom. The van der Waals surface area contributed by atoms with E-state index >= 15 is 0 Å². The second-order valence-electron chi connectivity index (χ2n) is 3.97. The van der Waals surface area contributed by atoms with Crippen LogP contribution in [-0.4, -0.2) is 30.8 Å². The molecule has 5 heteroatoms. The first kappa shape index (κ1) is 12.3. The number of nitrogens with zero attached hydrogens (tertiary/aromatic N) is 1. The molecule has 94 valence electrons. The van der Waals surface area contributed by atoms with Gasteiger partial charge in [-0.2, -0.15) is 0 Å². The SMILES string of the molecule is CCOC(=O)c1cccc(N2CC(=O)CC2=O)c1. The van der Waals surface area contributed by atoms with Crippen molar-refractivity contribution >= 4 is 23.3 Å². The quantitative estimate of drug-likeness (QED) is 0.594. The zero-order valence-electron chi connectivity index (χ0n) is 10.0. The molecule has 5 nitrogen and oxygen atoms in total. The van der Waals surface area contributed by atoms with Gasteiger partial charge in [0.25, 0.3) is 0 Å². The first-order valence-electron chi connectivity index (χ1n) is 5.71. The van der Waals surface area contributed by atoms with Crippen molar-refractivity contribution in [2.24, 2.45) is 0 Å². The minimum atomic E-state index is -0.433. The molecule has 1 aliphatic rings. The molecule has 0 aromatic heterocycles. The number of ketones is 1. The van der Waals surface area contributed by atoms with Crippen molar-refractivity contribution in [2.75, 3.05) is 18.1 Å². The highest BCUT2D eigenvalue weighted by molar-refractivity contribution is 6.15. The van der Waals surface area contributed by atoms with Crippen LogP contribution < -0.4 is 4.90 Å². The summed E-state index contributed by atoms with van der Waals surface area (Å²) < 4.78 is 4.88. The predicted molar refractivity (Wildman–Crippen MR) is 64.4 cm³/mol. The number of carbonyl (C=O) groups is 3. The Bertz CT molecular complexity index is 509. The maximum absolute atomic E-state index is 11.6. The molecule has 18 heavy (non-hydrogen) atoms. The fraction of sp³-hybridized carbons (Fsp3) is 0.308. The minimum absolute atomic E-state index is 0.0658. The third-order valence-corrected chi connectivity index (χ3v) is 2.65. The topological polar surface area (TPSA) is 63.7 Å². The van der Waals surface area contributed by atoms with Gasteiger partial charge < -0.3 is 9.64 Å². The molecule has 1 heterocycles. The Balaban J connectivity index is 2.24. The first-order valence-corrected chi connectivity index (χ1v) is 5.71. The van der Waals surface area contributed by atoms with Crippen LogP contribution in [-0.2, 0) is 14.3 Å². The molecule has 0 aliphatic carbocycles. The summed E-state index contributed by atoms with van der Waals surface area (Å²) in [5.41, 5.74) is 0.929. The highest BCUT2D eigenvalue weighted by Crippen LogP contribution is 2.21. The number of ether oxygens (including phenoxy) is 1. The smallest absolute Gasteiger partial charge is 0.338 e. The third-order valence-electron chi connectivity index (χ3n) is 2.65. The lowest BCUT2D eigenvalue weighted by Gasteiger charge is -2.15. The van der Waals surface area contributed by atoms with Crippen LogP contribution in [0.5, 0.6) is 0 Å². The molecular formula is C13H13NO4. The second-order valence-corrected chi connectivity index (χ2v) is 3.97. The van der Waals surface area contributed by atoms with E-state index in [0.717, 1.165) is 0 Å². The van der Waals surface area contributed by atoms with E-state index in [1.54, 1.807) is 31.2 Å². The fourth-order valence-electron chi connectivity index (χ4n) is 1.84. The Morgan fingerprint density at radius 2 is 2.17 bits per heavy atom. The zero-order valence-corrected chi connectivity index (χ0v) is 10.0. The largest absolute Gasteiger partial charge is 0.462 e. The summed E-state index contributed by atoms with van der Waals surface area (Å²) in [5.74, 6) is -0.778. The molecule has 0 bridgehead atoms. The maximum Gasteiger partial charge on any atom is 0.338 e. The Kier molecular flexibility index (Phi) is 3.41. The lowest BCUT2D eigenvalue weighted by molar-refractivity contribution is -0.121. The van der Waals surface area contributed by atoms with Crippen molar-refractivity contribution in [2.45, 2.75) is 13.3 Å². The van der Waals surface area contributed by atoms with E-state index in [1.807, 2.05) is 0 Å². The average molecular weight is 247 g/mol. The highest BCUT2D eigenvalue weighted by atomic mass is 16.5. The molecule has 1 aromatic carbocycles. The van der Waals surface area contributed by atoms with E-state index in [4.69, 9.17) is 4.74 Å². The van der Waals surface area contributed by atoms with Crippen LogP contribution in [0, 0.1) is 0 Å². The number of Topliss-reactive ketones (excluding diaryl/α,β-unsaturated/α-hetero) is 1. The van der Waals surface area contributed by atoms with Gasteiger partial charge in [-0.05, 0) is 25.1 Å². The van der Waals surface area contributed by atoms with Crippen molar-refractivity contribution in [3.63, 3.8) is 0 Å². The molecule has 0 radical (unpaired) electrons. The number of anilines is 1. The monoisotopic (exact) mass is 247 g/mol. The number of hydrogen-bond acceptors (Lipinski definition) is 4. The summed E-state index contributed by atoms with van der Waals surface area (Å²) in [7, 11) is 0. The van der Waals surface area contributed by atoms with Crippen molar-refractivity contribution < 1.29 is 19.1 Å². The van der Waals surface area contributed by atoms with Crippen LogP contribution in [0.1, 0.15) is 23.7 Å². The van der Waals surface area contributed by atoms with E-state index in [0.29, 0.717) is 17.9 Å². The molecule has 1 saturated heterocycles. The van der Waals surface area contributed by atoms with Crippen LogP contribution in [0.4, 0.5) is 5.69 Å². The van der Waals surface area contributed by atoms with Crippen LogP contribution in [0.25, 0.3) is 0 Å². The molecule has 0 spiro atoms. The van der Waals surface area contributed by atoms with Gasteiger partial charge in [-0.1, -0.05) is 6.07 Å². The van der Waals surface area contributed by atoms with Crippen LogP contribution >= 0.6 is 0 Å². The summed E-state index contributed by atoms with van der Waals surface area (Å²) in [4.78, 5) is 35.7. The Labute approximate surface area is 104 Å². The standard InChI is InChI=1S/C13H13NO4/c1-2-18-13(17)9-4-3-5-10(6-9)14-8-11(15)7-12(14)16/h3-6H,2,7-8H2,1H3. The fourth-order valence-corrected chi connectivity index (χ4v) is 1.84. The minimum Gasteiger partial charge on any atom is -0.462 e. The second kappa shape index (κ2) is 5.00. The molecule has 1 aliphatic heterocycles. The molecule has 1 amide bonds. The molecule has 0 saturated carbocycles. The molecule has 0 atom stereocenters. The van der Waals surface area contributed by atoms with Gasteiger partial charge in [-0.15, -0.1) is 0 Å². The van der Waals surface area contributed by atoms with Gasteiger partial charge in [0.15, 0.2) is 5.78 Å². The average Bonchev–Trinajstić information content (AvgIpc) is 2.69. The van der Waals surface area contributed by atoms with E-state index in [2.05, 4.69) is 0 Å². The highest BCUT2D eigenvalue weighted by Gasteiger charge is 2.28. The number of esters is 1. The summed E-state index contributed by atoms with van der Waals surface area (Å²) in [6, 6.07) is 6.54. The number of carbonyl (C=O) groups excluding carboxylic acids is 3. The molecule has 1 fully saturated rings. The van der Waals surface area contributed by atoms with E-state index in [9.17, 15) is 14.4 Å². The summed E-state index contributed by atoms with van der Waals surface area (Å²) in [6.45, 7) is 2.10. The lowest BCUT2D eigenvalue weighted by atomic mass is 10.2.